The normalized spacial score (nSPS) is 12.2. The number of aliphatic hydroxyl groups is 1. The molecule has 0 aromatic heterocycles. The number of carbonyl (C=O) groups excluding carboxylic acids is 1. The first kappa shape index (κ1) is 15.7. The molecule has 1 aromatic carbocycles. The molecular weight excluding hydrogens is 240 g/mol. The van der Waals surface area contributed by atoms with Crippen LogP contribution in [0.25, 0.3) is 0 Å². The smallest absolute Gasteiger partial charge is 0.224 e. The van der Waals surface area contributed by atoms with E-state index in [1.807, 2.05) is 18.2 Å². The molecule has 0 saturated carbocycles. The van der Waals surface area contributed by atoms with Crippen LogP contribution >= 0.6 is 0 Å². The van der Waals surface area contributed by atoms with E-state index in [4.69, 9.17) is 10.8 Å². The zero-order chi connectivity index (χ0) is 14.1. The highest BCUT2D eigenvalue weighted by molar-refractivity contribution is 5.90. The lowest BCUT2D eigenvalue weighted by molar-refractivity contribution is -0.116. The second-order valence-electron chi connectivity index (χ2n) is 4.80. The van der Waals surface area contributed by atoms with Gasteiger partial charge < -0.3 is 16.2 Å². The van der Waals surface area contributed by atoms with Crippen molar-refractivity contribution in [1.82, 2.24) is 0 Å². The first-order valence-corrected chi connectivity index (χ1v) is 6.89. The zero-order valence-corrected chi connectivity index (χ0v) is 11.6. The number of nitrogens with one attached hydrogen (secondary N) is 1. The molecule has 1 unspecified atom stereocenters. The highest BCUT2D eigenvalue weighted by atomic mass is 16.3. The quantitative estimate of drug-likeness (QED) is 0.674. The minimum atomic E-state index is -0.0158. The molecule has 4 heteroatoms. The van der Waals surface area contributed by atoms with Gasteiger partial charge in [0.15, 0.2) is 0 Å². The minimum Gasteiger partial charge on any atom is -0.392 e. The third-order valence-electron chi connectivity index (χ3n) is 3.33. The van der Waals surface area contributed by atoms with Crippen molar-refractivity contribution in [3.63, 3.8) is 0 Å². The summed E-state index contributed by atoms with van der Waals surface area (Å²) in [6, 6.07) is 7.26. The number of carbonyl (C=O) groups is 1. The van der Waals surface area contributed by atoms with Crippen molar-refractivity contribution >= 4 is 11.6 Å². The van der Waals surface area contributed by atoms with E-state index >= 15 is 0 Å². The van der Waals surface area contributed by atoms with Crippen molar-refractivity contribution in [2.75, 3.05) is 11.9 Å². The van der Waals surface area contributed by atoms with Gasteiger partial charge in [0.05, 0.1) is 6.61 Å². The lowest BCUT2D eigenvalue weighted by atomic mass is 9.96. The fraction of sp³-hybridized carbons (Fsp3) is 0.533. The average Bonchev–Trinajstić information content (AvgIpc) is 2.43. The molecule has 4 nitrogen and oxygen atoms in total. The van der Waals surface area contributed by atoms with Gasteiger partial charge in [-0.3, -0.25) is 4.79 Å². The van der Waals surface area contributed by atoms with Crippen LogP contribution in [0.2, 0.25) is 0 Å². The molecule has 0 heterocycles. The Balaban J connectivity index is 2.41. The fourth-order valence-electron chi connectivity index (χ4n) is 2.09. The standard InChI is InChI=1S/C15H24N2O2/c1-2-12(8-9-16)6-7-15(19)17-14-5-3-4-13(10-14)11-18/h3-5,10,12,18H,2,6-9,11,16H2,1H3,(H,17,19). The number of aliphatic hydroxyl groups excluding tert-OH is 1. The molecule has 0 bridgehead atoms. The molecule has 0 aliphatic heterocycles. The molecule has 1 atom stereocenters. The molecule has 0 radical (unpaired) electrons. The van der Waals surface area contributed by atoms with Gasteiger partial charge in [0.2, 0.25) is 5.91 Å². The molecule has 0 fully saturated rings. The summed E-state index contributed by atoms with van der Waals surface area (Å²) >= 11 is 0. The second-order valence-corrected chi connectivity index (χ2v) is 4.80. The predicted molar refractivity (Wildman–Crippen MR) is 77.7 cm³/mol. The zero-order valence-electron chi connectivity index (χ0n) is 11.6. The average molecular weight is 264 g/mol. The van der Waals surface area contributed by atoms with Crippen molar-refractivity contribution < 1.29 is 9.90 Å². The van der Waals surface area contributed by atoms with Crippen molar-refractivity contribution in [3.05, 3.63) is 29.8 Å². The van der Waals surface area contributed by atoms with Gasteiger partial charge in [-0.25, -0.2) is 0 Å². The third kappa shape index (κ3) is 5.85. The summed E-state index contributed by atoms with van der Waals surface area (Å²) in [5, 5.41) is 11.9. The Hall–Kier alpha value is -1.39. The molecule has 106 valence electrons. The van der Waals surface area contributed by atoms with Crippen molar-refractivity contribution in [3.8, 4) is 0 Å². The van der Waals surface area contributed by atoms with Crippen LogP contribution in [0.5, 0.6) is 0 Å². The van der Waals surface area contributed by atoms with Gasteiger partial charge in [0.25, 0.3) is 0 Å². The van der Waals surface area contributed by atoms with Gasteiger partial charge in [-0.1, -0.05) is 25.5 Å². The Kier molecular flexibility index (Phi) is 7.15. The van der Waals surface area contributed by atoms with E-state index in [0.29, 0.717) is 18.9 Å². The van der Waals surface area contributed by atoms with Gasteiger partial charge in [-0.05, 0) is 43.0 Å². The van der Waals surface area contributed by atoms with Gasteiger partial charge in [0.1, 0.15) is 0 Å². The van der Waals surface area contributed by atoms with Crippen LogP contribution in [-0.4, -0.2) is 17.6 Å². The Morgan fingerprint density at radius 1 is 1.42 bits per heavy atom. The fourth-order valence-corrected chi connectivity index (χ4v) is 2.09. The number of hydrogen-bond donors (Lipinski definition) is 3. The highest BCUT2D eigenvalue weighted by Crippen LogP contribution is 2.16. The largest absolute Gasteiger partial charge is 0.392 e. The molecule has 19 heavy (non-hydrogen) atoms. The van der Waals surface area contributed by atoms with Crippen LogP contribution in [0.15, 0.2) is 24.3 Å². The van der Waals surface area contributed by atoms with Crippen molar-refractivity contribution in [2.45, 2.75) is 39.2 Å². The molecule has 1 amide bonds. The summed E-state index contributed by atoms with van der Waals surface area (Å²) in [5.74, 6) is 0.546. The number of rotatable bonds is 8. The van der Waals surface area contributed by atoms with Gasteiger partial charge >= 0.3 is 0 Å². The molecular formula is C15H24N2O2. The van der Waals surface area contributed by atoms with Crippen molar-refractivity contribution in [1.29, 1.82) is 0 Å². The summed E-state index contributed by atoms with van der Waals surface area (Å²) in [4.78, 5) is 11.8. The molecule has 0 aliphatic rings. The van der Waals surface area contributed by atoms with E-state index in [-0.39, 0.29) is 12.5 Å². The predicted octanol–water partition coefficient (Wildman–Crippen LogP) is 2.27. The van der Waals surface area contributed by atoms with Gasteiger partial charge in [-0.2, -0.15) is 0 Å². The first-order chi connectivity index (χ1) is 9.19. The van der Waals surface area contributed by atoms with Crippen LogP contribution in [0, 0.1) is 5.92 Å². The lowest BCUT2D eigenvalue weighted by Crippen LogP contribution is -2.15. The number of nitrogens with two attached hydrogens (primary N) is 1. The van der Waals surface area contributed by atoms with E-state index < -0.39 is 0 Å². The van der Waals surface area contributed by atoms with E-state index in [1.165, 1.54) is 0 Å². The maximum atomic E-state index is 11.8. The van der Waals surface area contributed by atoms with Gasteiger partial charge in [0, 0.05) is 12.1 Å². The Morgan fingerprint density at radius 3 is 2.84 bits per heavy atom. The molecule has 1 rings (SSSR count). The summed E-state index contributed by atoms with van der Waals surface area (Å²) in [5.41, 5.74) is 7.08. The Labute approximate surface area is 115 Å². The summed E-state index contributed by atoms with van der Waals surface area (Å²) in [6.45, 7) is 2.79. The molecule has 4 N–H and O–H groups in total. The van der Waals surface area contributed by atoms with Crippen LogP contribution in [0.4, 0.5) is 5.69 Å². The van der Waals surface area contributed by atoms with E-state index in [0.717, 1.165) is 30.5 Å². The first-order valence-electron chi connectivity index (χ1n) is 6.89. The van der Waals surface area contributed by atoms with E-state index in [1.54, 1.807) is 6.07 Å². The lowest BCUT2D eigenvalue weighted by Gasteiger charge is -2.13. The van der Waals surface area contributed by atoms with Gasteiger partial charge in [-0.15, -0.1) is 0 Å². The van der Waals surface area contributed by atoms with Crippen molar-refractivity contribution in [2.24, 2.45) is 11.7 Å². The summed E-state index contributed by atoms with van der Waals surface area (Å²) in [6.07, 6.45) is 3.43. The third-order valence-corrected chi connectivity index (χ3v) is 3.33. The van der Waals surface area contributed by atoms with Crippen LogP contribution in [0.3, 0.4) is 0 Å². The molecule has 0 saturated heterocycles. The van der Waals surface area contributed by atoms with E-state index in [2.05, 4.69) is 12.2 Å². The Bertz CT molecular complexity index is 393. The monoisotopic (exact) mass is 264 g/mol. The molecule has 0 spiro atoms. The number of amides is 1. The number of anilines is 1. The van der Waals surface area contributed by atoms with Crippen LogP contribution < -0.4 is 11.1 Å². The SMILES string of the molecule is CCC(CCN)CCC(=O)Nc1cccc(CO)c1. The topological polar surface area (TPSA) is 75.4 Å². The molecule has 1 aromatic rings. The second kappa shape index (κ2) is 8.67. The summed E-state index contributed by atoms with van der Waals surface area (Å²) in [7, 11) is 0. The summed E-state index contributed by atoms with van der Waals surface area (Å²) < 4.78 is 0. The molecule has 0 aliphatic carbocycles. The van der Waals surface area contributed by atoms with E-state index in [9.17, 15) is 4.79 Å². The minimum absolute atomic E-state index is 0.0158. The van der Waals surface area contributed by atoms with Crippen LogP contribution in [0.1, 0.15) is 38.2 Å². The highest BCUT2D eigenvalue weighted by Gasteiger charge is 2.09. The maximum Gasteiger partial charge on any atom is 0.224 e. The van der Waals surface area contributed by atoms with Crippen LogP contribution in [-0.2, 0) is 11.4 Å². The number of benzene rings is 1. The maximum absolute atomic E-state index is 11.8. The Morgan fingerprint density at radius 2 is 2.21 bits per heavy atom. The number of hydrogen-bond acceptors (Lipinski definition) is 3.